The Morgan fingerprint density at radius 3 is 3.13 bits per heavy atom. The molecule has 0 radical (unpaired) electrons. The van der Waals surface area contributed by atoms with E-state index in [1.165, 1.54) is 0 Å². The predicted molar refractivity (Wildman–Crippen MR) is 63.3 cm³/mol. The highest BCUT2D eigenvalue weighted by atomic mass is 32.1. The number of H-pyrrole nitrogens is 1. The summed E-state index contributed by atoms with van der Waals surface area (Å²) in [5.74, 6) is 0. The fourth-order valence-corrected chi connectivity index (χ4v) is 1.99. The smallest absolute Gasteiger partial charge is 0.0468 e. The van der Waals surface area contributed by atoms with E-state index >= 15 is 0 Å². The molecule has 2 rings (SSSR count). The van der Waals surface area contributed by atoms with Crippen molar-refractivity contribution in [2.75, 3.05) is 6.54 Å². The van der Waals surface area contributed by atoms with Crippen LogP contribution in [0.3, 0.4) is 0 Å². The highest BCUT2D eigenvalue weighted by Gasteiger charge is 2.04. The number of benzene rings is 1. The molecule has 1 aromatic heterocycles. The van der Waals surface area contributed by atoms with Crippen LogP contribution >= 0.6 is 12.6 Å². The van der Waals surface area contributed by atoms with Crippen molar-refractivity contribution in [3.8, 4) is 0 Å². The lowest BCUT2D eigenvalue weighted by Gasteiger charge is -2.01. The molecule has 0 saturated carbocycles. The third-order valence-corrected chi connectivity index (χ3v) is 2.67. The van der Waals surface area contributed by atoms with Crippen LogP contribution in [0, 0.1) is 0 Å². The first-order valence-electron chi connectivity index (χ1n) is 4.61. The summed E-state index contributed by atoms with van der Waals surface area (Å²) in [5, 5.41) is 4.65. The summed E-state index contributed by atoms with van der Waals surface area (Å²) in [6.07, 6.45) is 2.61. The van der Waals surface area contributed by atoms with E-state index < -0.39 is 0 Å². The third kappa shape index (κ3) is 1.93. The maximum absolute atomic E-state index is 8.21. The molecule has 0 unspecified atom stereocenters. The number of nitrogens with zero attached hydrogens (tertiary/aromatic N) is 3. The van der Waals surface area contributed by atoms with Gasteiger partial charge in [0.2, 0.25) is 0 Å². The SMILES string of the molecule is [N-]=[N+]=NCCc1cccc2[nH]cc(S)c12. The van der Waals surface area contributed by atoms with Gasteiger partial charge in [0.1, 0.15) is 0 Å². The number of aromatic amines is 1. The number of hydrogen-bond donors (Lipinski definition) is 2. The average Bonchev–Trinajstić information content (AvgIpc) is 2.62. The molecule has 0 aliphatic rings. The van der Waals surface area contributed by atoms with E-state index in [-0.39, 0.29) is 0 Å². The molecule has 0 aliphatic heterocycles. The Morgan fingerprint density at radius 2 is 2.33 bits per heavy atom. The van der Waals surface area contributed by atoms with Crippen molar-refractivity contribution >= 4 is 23.5 Å². The molecule has 1 heterocycles. The van der Waals surface area contributed by atoms with Crippen molar-refractivity contribution in [3.63, 3.8) is 0 Å². The summed E-state index contributed by atoms with van der Waals surface area (Å²) >= 11 is 4.38. The summed E-state index contributed by atoms with van der Waals surface area (Å²) in [4.78, 5) is 6.81. The first-order valence-corrected chi connectivity index (χ1v) is 5.06. The Morgan fingerprint density at radius 1 is 1.47 bits per heavy atom. The van der Waals surface area contributed by atoms with E-state index in [2.05, 4.69) is 27.6 Å². The minimum atomic E-state index is 0.480. The van der Waals surface area contributed by atoms with Gasteiger partial charge in [-0.2, -0.15) is 0 Å². The largest absolute Gasteiger partial charge is 0.360 e. The second-order valence-electron chi connectivity index (χ2n) is 3.22. The van der Waals surface area contributed by atoms with Gasteiger partial charge in [0, 0.05) is 33.5 Å². The van der Waals surface area contributed by atoms with Gasteiger partial charge >= 0.3 is 0 Å². The number of nitrogens with one attached hydrogen (secondary N) is 1. The van der Waals surface area contributed by atoms with Crippen LogP contribution in [-0.2, 0) is 6.42 Å². The normalized spacial score (nSPS) is 10.2. The molecule has 2 aromatic rings. The number of hydrogen-bond acceptors (Lipinski definition) is 2. The number of rotatable bonds is 3. The average molecular weight is 218 g/mol. The number of thiol groups is 1. The molecule has 0 saturated heterocycles. The van der Waals surface area contributed by atoms with Crippen LogP contribution in [0.15, 0.2) is 34.4 Å². The van der Waals surface area contributed by atoms with Gasteiger partial charge in [0.05, 0.1) is 0 Å². The molecule has 5 heteroatoms. The number of aromatic nitrogens is 1. The maximum Gasteiger partial charge on any atom is 0.0468 e. The van der Waals surface area contributed by atoms with Gasteiger partial charge in [0.15, 0.2) is 0 Å². The first kappa shape index (κ1) is 9.96. The van der Waals surface area contributed by atoms with Crippen LogP contribution < -0.4 is 0 Å². The molecule has 15 heavy (non-hydrogen) atoms. The molecular formula is C10H10N4S. The van der Waals surface area contributed by atoms with Crippen molar-refractivity contribution in [2.45, 2.75) is 11.3 Å². The lowest BCUT2D eigenvalue weighted by Crippen LogP contribution is -1.89. The summed E-state index contributed by atoms with van der Waals surface area (Å²) in [6.45, 7) is 0.480. The predicted octanol–water partition coefficient (Wildman–Crippen LogP) is 3.31. The van der Waals surface area contributed by atoms with E-state index in [0.717, 1.165) is 27.8 Å². The Hall–Kier alpha value is -1.58. The molecular weight excluding hydrogens is 208 g/mol. The minimum Gasteiger partial charge on any atom is -0.360 e. The molecule has 1 N–H and O–H groups in total. The van der Waals surface area contributed by atoms with Gasteiger partial charge in [-0.3, -0.25) is 0 Å². The zero-order valence-corrected chi connectivity index (χ0v) is 8.91. The van der Waals surface area contributed by atoms with Crippen LogP contribution in [0.5, 0.6) is 0 Å². The lowest BCUT2D eigenvalue weighted by atomic mass is 10.1. The van der Waals surface area contributed by atoms with E-state index in [4.69, 9.17) is 5.53 Å². The van der Waals surface area contributed by atoms with Crippen molar-refractivity contribution in [1.82, 2.24) is 4.98 Å². The van der Waals surface area contributed by atoms with Crippen molar-refractivity contribution in [1.29, 1.82) is 0 Å². The van der Waals surface area contributed by atoms with Crippen molar-refractivity contribution in [2.24, 2.45) is 5.11 Å². The van der Waals surface area contributed by atoms with Gasteiger partial charge < -0.3 is 4.98 Å². The zero-order valence-electron chi connectivity index (χ0n) is 8.01. The molecule has 0 aliphatic carbocycles. The fourth-order valence-electron chi connectivity index (χ4n) is 1.66. The highest BCUT2D eigenvalue weighted by molar-refractivity contribution is 7.80. The fraction of sp³-hybridized carbons (Fsp3) is 0.200. The van der Waals surface area contributed by atoms with Crippen molar-refractivity contribution < 1.29 is 0 Å². The standard InChI is InChI=1S/C10H10N4S/c11-14-13-5-4-7-2-1-3-8-10(7)9(15)6-12-8/h1-3,6,12,15H,4-5H2. The molecule has 4 nitrogen and oxygen atoms in total. The molecule has 0 fully saturated rings. The van der Waals surface area contributed by atoms with Gasteiger partial charge in [-0.05, 0) is 23.6 Å². The monoisotopic (exact) mass is 218 g/mol. The zero-order chi connectivity index (χ0) is 10.7. The summed E-state index contributed by atoms with van der Waals surface area (Å²) < 4.78 is 0. The molecule has 0 amide bonds. The Bertz CT molecular complexity index is 525. The second-order valence-corrected chi connectivity index (χ2v) is 3.70. The van der Waals surface area contributed by atoms with Crippen LogP contribution in [0.4, 0.5) is 0 Å². The number of azide groups is 1. The van der Waals surface area contributed by atoms with Crippen LogP contribution in [0.25, 0.3) is 21.3 Å². The third-order valence-electron chi connectivity index (χ3n) is 2.32. The number of fused-ring (bicyclic) bond motifs is 1. The molecule has 1 aromatic carbocycles. The second kappa shape index (κ2) is 4.29. The molecule has 0 spiro atoms. The van der Waals surface area contributed by atoms with Crippen LogP contribution in [-0.4, -0.2) is 11.5 Å². The van der Waals surface area contributed by atoms with Crippen molar-refractivity contribution in [3.05, 3.63) is 40.4 Å². The molecule has 0 bridgehead atoms. The van der Waals surface area contributed by atoms with Crippen LogP contribution in [0.2, 0.25) is 0 Å². The van der Waals surface area contributed by atoms with E-state index in [1.54, 1.807) is 0 Å². The highest BCUT2D eigenvalue weighted by Crippen LogP contribution is 2.25. The van der Waals surface area contributed by atoms with E-state index in [9.17, 15) is 0 Å². The maximum atomic E-state index is 8.21. The molecule has 0 atom stereocenters. The van der Waals surface area contributed by atoms with Gasteiger partial charge in [0.25, 0.3) is 0 Å². The van der Waals surface area contributed by atoms with Gasteiger partial charge in [-0.1, -0.05) is 17.2 Å². The lowest BCUT2D eigenvalue weighted by molar-refractivity contribution is 0.963. The van der Waals surface area contributed by atoms with E-state index in [1.807, 2.05) is 24.4 Å². The Labute approximate surface area is 92.3 Å². The Kier molecular flexibility index (Phi) is 2.85. The summed E-state index contributed by atoms with van der Waals surface area (Å²) in [6, 6.07) is 6.02. The van der Waals surface area contributed by atoms with E-state index in [0.29, 0.717) is 6.54 Å². The minimum absolute atomic E-state index is 0.480. The van der Waals surface area contributed by atoms with Crippen LogP contribution in [0.1, 0.15) is 5.56 Å². The topological polar surface area (TPSA) is 64.6 Å². The Balaban J connectivity index is 2.41. The molecule has 76 valence electrons. The summed E-state index contributed by atoms with van der Waals surface area (Å²) in [7, 11) is 0. The quantitative estimate of drug-likeness (QED) is 0.343. The first-order chi connectivity index (χ1) is 7.33. The van der Waals surface area contributed by atoms with Gasteiger partial charge in [-0.15, -0.1) is 12.6 Å². The van der Waals surface area contributed by atoms with Gasteiger partial charge in [-0.25, -0.2) is 0 Å². The summed E-state index contributed by atoms with van der Waals surface area (Å²) in [5.41, 5.74) is 10.4.